The Morgan fingerprint density at radius 2 is 1.80 bits per heavy atom. The van der Waals surface area contributed by atoms with Crippen molar-refractivity contribution in [1.82, 2.24) is 0 Å². The van der Waals surface area contributed by atoms with Crippen molar-refractivity contribution in [1.29, 1.82) is 0 Å². The lowest BCUT2D eigenvalue weighted by atomic mass is 10.2. The van der Waals surface area contributed by atoms with Crippen LogP contribution in [0, 0.1) is 10.1 Å². The highest BCUT2D eigenvalue weighted by molar-refractivity contribution is 5.82. The van der Waals surface area contributed by atoms with Crippen LogP contribution in [-0.2, 0) is 0 Å². The summed E-state index contributed by atoms with van der Waals surface area (Å²) in [5, 5.41) is 10.7. The molecule has 0 unspecified atom stereocenters. The van der Waals surface area contributed by atoms with Gasteiger partial charge in [-0.05, 0) is 24.3 Å². The molecular weight excluding hydrogens is 262 g/mol. The number of carbonyl (C=O) groups excluding carboxylic acids is 1. The fraction of sp³-hybridized carbons (Fsp3) is 0.0714. The predicted octanol–water partition coefficient (Wildman–Crippen LogP) is 3.21. The number of nitro benzene ring substituents is 1. The molecule has 6 nitrogen and oxygen atoms in total. The third-order valence-electron chi connectivity index (χ3n) is 2.60. The zero-order valence-corrected chi connectivity index (χ0v) is 10.6. The monoisotopic (exact) mass is 273 g/mol. The summed E-state index contributed by atoms with van der Waals surface area (Å²) in [6.45, 7) is 0. The summed E-state index contributed by atoms with van der Waals surface area (Å²) in [5.74, 6) is 1.47. The van der Waals surface area contributed by atoms with Gasteiger partial charge in [-0.2, -0.15) is 0 Å². The fourth-order valence-electron chi connectivity index (χ4n) is 1.66. The molecule has 0 bridgehead atoms. The Labute approximate surface area is 114 Å². The zero-order chi connectivity index (χ0) is 14.5. The van der Waals surface area contributed by atoms with Crippen LogP contribution in [0.3, 0.4) is 0 Å². The number of benzene rings is 2. The van der Waals surface area contributed by atoms with Crippen molar-refractivity contribution in [2.24, 2.45) is 0 Å². The normalized spacial score (nSPS) is 9.85. The summed E-state index contributed by atoms with van der Waals surface area (Å²) >= 11 is 0. The number of nitro groups is 1. The molecule has 0 radical (unpaired) electrons. The topological polar surface area (TPSA) is 78.7 Å². The van der Waals surface area contributed by atoms with E-state index in [1.807, 2.05) is 0 Å². The molecule has 0 atom stereocenters. The van der Waals surface area contributed by atoms with Crippen LogP contribution in [-0.4, -0.2) is 18.3 Å². The summed E-state index contributed by atoms with van der Waals surface area (Å²) in [6, 6.07) is 10.9. The maximum absolute atomic E-state index is 10.9. The van der Waals surface area contributed by atoms with Crippen molar-refractivity contribution < 1.29 is 19.2 Å². The van der Waals surface area contributed by atoms with Crippen LogP contribution in [0.25, 0.3) is 0 Å². The van der Waals surface area contributed by atoms with Crippen LogP contribution in [0.1, 0.15) is 10.4 Å². The average molecular weight is 273 g/mol. The number of carbonyl (C=O) groups is 1. The van der Waals surface area contributed by atoms with Crippen molar-refractivity contribution in [2.45, 2.75) is 0 Å². The van der Waals surface area contributed by atoms with Crippen LogP contribution >= 0.6 is 0 Å². The maximum atomic E-state index is 10.9. The largest absolute Gasteiger partial charge is 0.497 e. The van der Waals surface area contributed by atoms with Crippen molar-refractivity contribution in [3.63, 3.8) is 0 Å². The molecule has 0 amide bonds. The first-order valence-electron chi connectivity index (χ1n) is 5.69. The molecule has 0 aromatic heterocycles. The fourth-order valence-corrected chi connectivity index (χ4v) is 1.66. The van der Waals surface area contributed by atoms with E-state index in [1.165, 1.54) is 25.3 Å². The van der Waals surface area contributed by atoms with Gasteiger partial charge in [0.25, 0.3) is 5.69 Å². The summed E-state index contributed by atoms with van der Waals surface area (Å²) in [4.78, 5) is 21.0. The lowest BCUT2D eigenvalue weighted by Gasteiger charge is -2.07. The molecule has 0 saturated heterocycles. The molecule has 2 aromatic rings. The molecule has 2 rings (SSSR count). The molecule has 2 aromatic carbocycles. The minimum atomic E-state index is -0.612. The molecule has 6 heteroatoms. The lowest BCUT2D eigenvalue weighted by molar-refractivity contribution is -0.385. The van der Waals surface area contributed by atoms with Gasteiger partial charge in [0.15, 0.2) is 6.29 Å². The van der Waals surface area contributed by atoms with Gasteiger partial charge >= 0.3 is 0 Å². The molecular formula is C14H11NO5. The van der Waals surface area contributed by atoms with Gasteiger partial charge in [-0.15, -0.1) is 0 Å². The van der Waals surface area contributed by atoms with E-state index in [0.29, 0.717) is 23.5 Å². The van der Waals surface area contributed by atoms with E-state index in [0.717, 1.165) is 0 Å². The number of hydrogen-bond acceptors (Lipinski definition) is 5. The Bertz CT molecular complexity index is 654. The number of nitrogens with zero attached hydrogens (tertiary/aromatic N) is 1. The Morgan fingerprint density at radius 1 is 1.10 bits per heavy atom. The van der Waals surface area contributed by atoms with Gasteiger partial charge in [0.1, 0.15) is 17.2 Å². The zero-order valence-electron chi connectivity index (χ0n) is 10.6. The van der Waals surface area contributed by atoms with E-state index >= 15 is 0 Å². The van der Waals surface area contributed by atoms with Crippen LogP contribution in [0.2, 0.25) is 0 Å². The van der Waals surface area contributed by atoms with Crippen LogP contribution in [0.4, 0.5) is 5.69 Å². The van der Waals surface area contributed by atoms with Gasteiger partial charge in [0.05, 0.1) is 17.6 Å². The van der Waals surface area contributed by atoms with Crippen molar-refractivity contribution >= 4 is 12.0 Å². The second-order valence-corrected chi connectivity index (χ2v) is 3.88. The molecule has 0 heterocycles. The first kappa shape index (κ1) is 13.5. The quantitative estimate of drug-likeness (QED) is 0.475. The second kappa shape index (κ2) is 5.83. The number of ether oxygens (including phenoxy) is 2. The number of hydrogen-bond donors (Lipinski definition) is 0. The van der Waals surface area contributed by atoms with Gasteiger partial charge in [-0.25, -0.2) is 0 Å². The molecule has 0 aliphatic rings. The summed E-state index contributed by atoms with van der Waals surface area (Å²) in [5.41, 5.74) is -0.284. The van der Waals surface area contributed by atoms with Gasteiger partial charge in [0, 0.05) is 12.1 Å². The van der Waals surface area contributed by atoms with E-state index in [9.17, 15) is 14.9 Å². The molecule has 20 heavy (non-hydrogen) atoms. The van der Waals surface area contributed by atoms with E-state index in [4.69, 9.17) is 9.47 Å². The number of rotatable bonds is 5. The molecule has 0 saturated carbocycles. The van der Waals surface area contributed by atoms with E-state index in [2.05, 4.69) is 0 Å². The SMILES string of the molecule is COc1cccc(Oc2ccc([N+](=O)[O-])c(C=O)c2)c1. The molecule has 0 aliphatic heterocycles. The van der Waals surface area contributed by atoms with Crippen molar-refractivity contribution in [3.8, 4) is 17.2 Å². The highest BCUT2D eigenvalue weighted by Gasteiger charge is 2.14. The van der Waals surface area contributed by atoms with Crippen molar-refractivity contribution in [3.05, 3.63) is 58.1 Å². The van der Waals surface area contributed by atoms with Gasteiger partial charge in [-0.3, -0.25) is 14.9 Å². The predicted molar refractivity (Wildman–Crippen MR) is 71.6 cm³/mol. The summed E-state index contributed by atoms with van der Waals surface area (Å²) in [7, 11) is 1.54. The molecule has 0 N–H and O–H groups in total. The number of methoxy groups -OCH3 is 1. The Hall–Kier alpha value is -2.89. The summed E-state index contributed by atoms with van der Waals surface area (Å²) in [6.07, 6.45) is 0.427. The Balaban J connectivity index is 2.29. The average Bonchev–Trinajstić information content (AvgIpc) is 2.47. The van der Waals surface area contributed by atoms with E-state index < -0.39 is 4.92 Å². The maximum Gasteiger partial charge on any atom is 0.280 e. The van der Waals surface area contributed by atoms with Crippen LogP contribution < -0.4 is 9.47 Å². The molecule has 0 spiro atoms. The van der Waals surface area contributed by atoms with Gasteiger partial charge in [0.2, 0.25) is 0 Å². The minimum Gasteiger partial charge on any atom is -0.497 e. The highest BCUT2D eigenvalue weighted by atomic mass is 16.6. The van der Waals surface area contributed by atoms with Crippen molar-refractivity contribution in [2.75, 3.05) is 7.11 Å². The second-order valence-electron chi connectivity index (χ2n) is 3.88. The van der Waals surface area contributed by atoms with E-state index in [-0.39, 0.29) is 11.3 Å². The third kappa shape index (κ3) is 2.92. The standard InChI is InChI=1S/C14H11NO5/c1-19-11-3-2-4-12(8-11)20-13-5-6-14(15(17)18)10(7-13)9-16/h2-9H,1H3. The first-order valence-corrected chi connectivity index (χ1v) is 5.69. The van der Waals surface area contributed by atoms with Gasteiger partial charge in [-0.1, -0.05) is 6.07 Å². The molecule has 0 fully saturated rings. The third-order valence-corrected chi connectivity index (χ3v) is 2.60. The molecule has 0 aliphatic carbocycles. The van der Waals surface area contributed by atoms with Gasteiger partial charge < -0.3 is 9.47 Å². The number of aldehydes is 1. The lowest BCUT2D eigenvalue weighted by Crippen LogP contribution is -1.95. The van der Waals surface area contributed by atoms with Crippen LogP contribution in [0.15, 0.2) is 42.5 Å². The Morgan fingerprint density at radius 3 is 2.45 bits per heavy atom. The highest BCUT2D eigenvalue weighted by Crippen LogP contribution is 2.28. The van der Waals surface area contributed by atoms with E-state index in [1.54, 1.807) is 24.3 Å². The minimum absolute atomic E-state index is 0.0320. The summed E-state index contributed by atoms with van der Waals surface area (Å²) < 4.78 is 10.6. The molecule has 102 valence electrons. The van der Waals surface area contributed by atoms with Crippen LogP contribution in [0.5, 0.6) is 17.2 Å². The smallest absolute Gasteiger partial charge is 0.280 e. The Kier molecular flexibility index (Phi) is 3.95. The first-order chi connectivity index (χ1) is 9.63.